The van der Waals surface area contributed by atoms with Crippen molar-refractivity contribution in [2.24, 2.45) is 0 Å². The number of nitrogens with two attached hydrogens (primary N) is 1. The molecule has 19 heavy (non-hydrogen) atoms. The van der Waals surface area contributed by atoms with Crippen molar-refractivity contribution < 1.29 is 5.11 Å². The van der Waals surface area contributed by atoms with Gasteiger partial charge in [-0.25, -0.2) is 0 Å². The molecule has 0 spiro atoms. The first-order valence-electron chi connectivity index (χ1n) is 6.36. The van der Waals surface area contributed by atoms with E-state index in [2.05, 4.69) is 43.1 Å². The highest BCUT2D eigenvalue weighted by Crippen LogP contribution is 2.21. The van der Waals surface area contributed by atoms with Gasteiger partial charge >= 0.3 is 0 Å². The summed E-state index contributed by atoms with van der Waals surface area (Å²) in [6.45, 7) is 3.78. The highest BCUT2D eigenvalue weighted by Gasteiger charge is 2.04. The maximum absolute atomic E-state index is 9.40. The van der Waals surface area contributed by atoms with Crippen molar-refractivity contribution in [1.82, 2.24) is 4.90 Å². The Labute approximate surface area is 114 Å². The Morgan fingerprint density at radius 1 is 1.00 bits per heavy atom. The van der Waals surface area contributed by atoms with Crippen LogP contribution in [0.1, 0.15) is 16.7 Å². The Hall–Kier alpha value is -2.00. The summed E-state index contributed by atoms with van der Waals surface area (Å²) < 4.78 is 0. The molecule has 0 aliphatic carbocycles. The van der Waals surface area contributed by atoms with Crippen LogP contribution >= 0.6 is 0 Å². The standard InChI is InChI=1S/C16H20N2O/c1-12-3-5-13(6-4-12)10-18(2)11-14-7-8-16(19)15(17)9-14/h3-9,19H,10-11,17H2,1-2H3. The van der Waals surface area contributed by atoms with Crippen LogP contribution in [0.3, 0.4) is 0 Å². The molecule has 0 amide bonds. The number of anilines is 1. The lowest BCUT2D eigenvalue weighted by Gasteiger charge is -2.17. The average Bonchev–Trinajstić information content (AvgIpc) is 2.37. The van der Waals surface area contributed by atoms with E-state index in [0.29, 0.717) is 5.69 Å². The van der Waals surface area contributed by atoms with Crippen LogP contribution < -0.4 is 5.73 Å². The fourth-order valence-electron chi connectivity index (χ4n) is 2.08. The molecule has 0 aromatic heterocycles. The van der Waals surface area contributed by atoms with E-state index < -0.39 is 0 Å². The lowest BCUT2D eigenvalue weighted by Crippen LogP contribution is -2.17. The van der Waals surface area contributed by atoms with Crippen LogP contribution in [0.2, 0.25) is 0 Å². The van der Waals surface area contributed by atoms with Gasteiger partial charge in [0.1, 0.15) is 5.75 Å². The fraction of sp³-hybridized carbons (Fsp3) is 0.250. The largest absolute Gasteiger partial charge is 0.506 e. The first kappa shape index (κ1) is 13.4. The Balaban J connectivity index is 1.98. The Morgan fingerprint density at radius 2 is 1.58 bits per heavy atom. The summed E-state index contributed by atoms with van der Waals surface area (Å²) in [6, 6.07) is 13.9. The van der Waals surface area contributed by atoms with Gasteiger partial charge in [0.2, 0.25) is 0 Å². The number of nitrogens with zero attached hydrogens (tertiary/aromatic N) is 1. The van der Waals surface area contributed by atoms with Crippen molar-refractivity contribution in [3.8, 4) is 5.75 Å². The van der Waals surface area contributed by atoms with Crippen LogP contribution in [0.5, 0.6) is 5.75 Å². The summed E-state index contributed by atoms with van der Waals surface area (Å²) in [5.74, 6) is 0.143. The molecular formula is C16H20N2O. The van der Waals surface area contributed by atoms with Crippen molar-refractivity contribution in [3.05, 3.63) is 59.2 Å². The number of aryl methyl sites for hydroxylation is 1. The van der Waals surface area contributed by atoms with Gasteiger partial charge in [0.05, 0.1) is 5.69 Å². The molecule has 0 saturated carbocycles. The van der Waals surface area contributed by atoms with Gasteiger partial charge in [-0.15, -0.1) is 0 Å². The van der Waals surface area contributed by atoms with Gasteiger partial charge in [-0.05, 0) is 37.2 Å². The van der Waals surface area contributed by atoms with E-state index in [9.17, 15) is 5.11 Å². The van der Waals surface area contributed by atoms with Crippen LogP contribution in [0, 0.1) is 6.92 Å². The predicted octanol–water partition coefficient (Wildman–Crippen LogP) is 2.91. The fourth-order valence-corrected chi connectivity index (χ4v) is 2.08. The summed E-state index contributed by atoms with van der Waals surface area (Å²) in [5, 5.41) is 9.40. The predicted molar refractivity (Wildman–Crippen MR) is 78.9 cm³/mol. The highest BCUT2D eigenvalue weighted by molar-refractivity contribution is 5.53. The van der Waals surface area contributed by atoms with Gasteiger partial charge in [0, 0.05) is 13.1 Å². The number of benzene rings is 2. The van der Waals surface area contributed by atoms with Gasteiger partial charge in [-0.1, -0.05) is 35.9 Å². The number of rotatable bonds is 4. The van der Waals surface area contributed by atoms with E-state index in [4.69, 9.17) is 5.73 Å². The van der Waals surface area contributed by atoms with Gasteiger partial charge in [0.25, 0.3) is 0 Å². The van der Waals surface area contributed by atoms with E-state index in [1.165, 1.54) is 11.1 Å². The van der Waals surface area contributed by atoms with Crippen molar-refractivity contribution in [2.45, 2.75) is 20.0 Å². The lowest BCUT2D eigenvalue weighted by atomic mass is 10.1. The molecule has 3 nitrogen and oxygen atoms in total. The maximum atomic E-state index is 9.40. The molecule has 0 atom stereocenters. The van der Waals surface area contributed by atoms with E-state index in [-0.39, 0.29) is 5.75 Å². The van der Waals surface area contributed by atoms with Crippen LogP contribution in [0.15, 0.2) is 42.5 Å². The first-order valence-corrected chi connectivity index (χ1v) is 6.36. The molecular weight excluding hydrogens is 236 g/mol. The second-order valence-electron chi connectivity index (χ2n) is 5.05. The third-order valence-electron chi connectivity index (χ3n) is 3.12. The van der Waals surface area contributed by atoms with Gasteiger partial charge < -0.3 is 10.8 Å². The number of hydrogen-bond donors (Lipinski definition) is 2. The molecule has 3 N–H and O–H groups in total. The van der Waals surface area contributed by atoms with Crippen LogP contribution in [-0.2, 0) is 13.1 Å². The number of nitrogen functional groups attached to an aromatic ring is 1. The number of aromatic hydroxyl groups is 1. The van der Waals surface area contributed by atoms with Crippen molar-refractivity contribution in [2.75, 3.05) is 12.8 Å². The molecule has 0 aliphatic heterocycles. The smallest absolute Gasteiger partial charge is 0.138 e. The summed E-state index contributed by atoms with van der Waals surface area (Å²) in [7, 11) is 2.07. The zero-order valence-corrected chi connectivity index (χ0v) is 11.4. The maximum Gasteiger partial charge on any atom is 0.138 e. The molecule has 0 heterocycles. The molecule has 0 saturated heterocycles. The summed E-state index contributed by atoms with van der Waals surface area (Å²) in [4.78, 5) is 2.22. The zero-order valence-electron chi connectivity index (χ0n) is 11.4. The second kappa shape index (κ2) is 5.76. The number of phenols is 1. The summed E-state index contributed by atoms with van der Waals surface area (Å²) in [5.41, 5.74) is 9.80. The molecule has 2 aromatic rings. The van der Waals surface area contributed by atoms with E-state index >= 15 is 0 Å². The molecule has 2 aromatic carbocycles. The van der Waals surface area contributed by atoms with Gasteiger partial charge in [0.15, 0.2) is 0 Å². The molecule has 3 heteroatoms. The van der Waals surface area contributed by atoms with E-state index in [0.717, 1.165) is 18.7 Å². The van der Waals surface area contributed by atoms with Crippen LogP contribution in [0.25, 0.3) is 0 Å². The van der Waals surface area contributed by atoms with Crippen molar-refractivity contribution >= 4 is 5.69 Å². The monoisotopic (exact) mass is 256 g/mol. The quantitative estimate of drug-likeness (QED) is 0.653. The molecule has 0 bridgehead atoms. The van der Waals surface area contributed by atoms with E-state index in [1.807, 2.05) is 12.1 Å². The van der Waals surface area contributed by atoms with Crippen molar-refractivity contribution in [3.63, 3.8) is 0 Å². The van der Waals surface area contributed by atoms with Crippen LogP contribution in [-0.4, -0.2) is 17.1 Å². The zero-order chi connectivity index (χ0) is 13.8. The van der Waals surface area contributed by atoms with E-state index in [1.54, 1.807) is 6.07 Å². The third kappa shape index (κ3) is 3.73. The SMILES string of the molecule is Cc1ccc(CN(C)Cc2ccc(O)c(N)c2)cc1. The highest BCUT2D eigenvalue weighted by atomic mass is 16.3. The van der Waals surface area contributed by atoms with Gasteiger partial charge in [-0.2, -0.15) is 0 Å². The van der Waals surface area contributed by atoms with Crippen molar-refractivity contribution in [1.29, 1.82) is 0 Å². The third-order valence-corrected chi connectivity index (χ3v) is 3.12. The summed E-state index contributed by atoms with van der Waals surface area (Å²) >= 11 is 0. The molecule has 2 rings (SSSR count). The molecule has 0 unspecified atom stereocenters. The normalized spacial score (nSPS) is 10.9. The van der Waals surface area contributed by atoms with Gasteiger partial charge in [-0.3, -0.25) is 4.90 Å². The average molecular weight is 256 g/mol. The molecule has 100 valence electrons. The minimum absolute atomic E-state index is 0.143. The molecule has 0 fully saturated rings. The Morgan fingerprint density at radius 3 is 2.21 bits per heavy atom. The summed E-state index contributed by atoms with van der Waals surface area (Å²) in [6.07, 6.45) is 0. The Kier molecular flexibility index (Phi) is 4.07. The lowest BCUT2D eigenvalue weighted by molar-refractivity contribution is 0.319. The minimum atomic E-state index is 0.143. The topological polar surface area (TPSA) is 49.5 Å². The Bertz CT molecular complexity index is 549. The first-order chi connectivity index (χ1) is 9.04. The minimum Gasteiger partial charge on any atom is -0.506 e. The number of hydrogen-bond acceptors (Lipinski definition) is 3. The molecule has 0 radical (unpaired) electrons. The van der Waals surface area contributed by atoms with Crippen LogP contribution in [0.4, 0.5) is 5.69 Å². The molecule has 0 aliphatic rings. The number of phenolic OH excluding ortho intramolecular Hbond substituents is 1. The second-order valence-corrected chi connectivity index (χ2v) is 5.05.